The van der Waals surface area contributed by atoms with Crippen LogP contribution in [0.1, 0.15) is 16.1 Å². The van der Waals surface area contributed by atoms with E-state index in [0.717, 1.165) is 5.56 Å². The maximum Gasteiger partial charge on any atom is 0.214 e. The second-order valence-electron chi connectivity index (χ2n) is 4.93. The van der Waals surface area contributed by atoms with Gasteiger partial charge in [-0.3, -0.25) is 4.79 Å². The Morgan fingerprint density at radius 1 is 1.14 bits per heavy atom. The van der Waals surface area contributed by atoms with Gasteiger partial charge in [0.2, 0.25) is 5.78 Å². The molecule has 3 aromatic rings. The molecule has 1 atom stereocenters. The lowest BCUT2D eigenvalue weighted by atomic mass is 10.0. The van der Waals surface area contributed by atoms with Crippen LogP contribution in [0.25, 0.3) is 11.0 Å². The van der Waals surface area contributed by atoms with Gasteiger partial charge in [0, 0.05) is 5.39 Å². The van der Waals surface area contributed by atoms with E-state index in [1.54, 1.807) is 12.1 Å². The largest absolute Gasteiger partial charge is 0.450 e. The summed E-state index contributed by atoms with van der Waals surface area (Å²) in [5.74, 6) is -0.712. The van der Waals surface area contributed by atoms with Crippen molar-refractivity contribution in [1.29, 1.82) is 0 Å². The van der Waals surface area contributed by atoms with Crippen molar-refractivity contribution in [1.82, 2.24) is 0 Å². The number of furan rings is 1. The van der Waals surface area contributed by atoms with Crippen molar-refractivity contribution in [3.05, 3.63) is 71.7 Å². The van der Waals surface area contributed by atoms with Crippen molar-refractivity contribution in [2.45, 2.75) is 12.5 Å². The summed E-state index contributed by atoms with van der Waals surface area (Å²) in [7, 11) is 0. The summed E-state index contributed by atoms with van der Waals surface area (Å²) < 4.78 is 18.9. The van der Waals surface area contributed by atoms with E-state index in [2.05, 4.69) is 0 Å². The van der Waals surface area contributed by atoms with Crippen molar-refractivity contribution in [2.24, 2.45) is 5.73 Å². The lowest BCUT2D eigenvalue weighted by Crippen LogP contribution is -2.32. The Balaban J connectivity index is 1.84. The molecule has 0 amide bonds. The van der Waals surface area contributed by atoms with Crippen molar-refractivity contribution >= 4 is 16.8 Å². The first kappa shape index (κ1) is 13.5. The summed E-state index contributed by atoms with van der Waals surface area (Å²) in [6.07, 6.45) is 0.416. The van der Waals surface area contributed by atoms with Crippen LogP contribution < -0.4 is 5.73 Å². The molecule has 106 valence electrons. The van der Waals surface area contributed by atoms with Crippen LogP contribution in [0.3, 0.4) is 0 Å². The highest BCUT2D eigenvalue weighted by Gasteiger charge is 2.21. The summed E-state index contributed by atoms with van der Waals surface area (Å²) in [4.78, 5) is 12.3. The number of ketones is 1. The van der Waals surface area contributed by atoms with Crippen LogP contribution in [-0.4, -0.2) is 11.8 Å². The molecule has 0 aliphatic heterocycles. The van der Waals surface area contributed by atoms with Gasteiger partial charge in [-0.25, -0.2) is 4.39 Å². The summed E-state index contributed by atoms with van der Waals surface area (Å²) >= 11 is 0. The van der Waals surface area contributed by atoms with Crippen LogP contribution in [0.2, 0.25) is 0 Å². The zero-order chi connectivity index (χ0) is 14.8. The molecule has 1 heterocycles. The van der Waals surface area contributed by atoms with Crippen LogP contribution in [0, 0.1) is 5.82 Å². The van der Waals surface area contributed by atoms with Gasteiger partial charge in [-0.1, -0.05) is 42.5 Å². The average molecular weight is 283 g/mol. The molecule has 0 fully saturated rings. The van der Waals surface area contributed by atoms with Crippen LogP contribution in [0.5, 0.6) is 0 Å². The minimum Gasteiger partial charge on any atom is -0.450 e. The Morgan fingerprint density at radius 3 is 2.62 bits per heavy atom. The molecular formula is C17H14FNO2. The van der Waals surface area contributed by atoms with Gasteiger partial charge in [-0.2, -0.15) is 0 Å². The fraction of sp³-hybridized carbons (Fsp3) is 0.118. The summed E-state index contributed by atoms with van der Waals surface area (Å²) in [6.45, 7) is 0. The SMILES string of the molecule is NC(Cc1ccccc1)C(=O)c1cc2cccc(F)c2o1. The number of nitrogens with two attached hydrogens (primary N) is 1. The van der Waals surface area contributed by atoms with E-state index < -0.39 is 11.9 Å². The molecule has 4 heteroatoms. The maximum atomic E-state index is 13.6. The van der Waals surface area contributed by atoms with E-state index in [-0.39, 0.29) is 17.1 Å². The number of halogens is 1. The highest BCUT2D eigenvalue weighted by Crippen LogP contribution is 2.23. The van der Waals surface area contributed by atoms with Crippen molar-refractivity contribution in [3.63, 3.8) is 0 Å². The molecular weight excluding hydrogens is 269 g/mol. The Morgan fingerprint density at radius 2 is 1.90 bits per heavy atom. The van der Waals surface area contributed by atoms with E-state index in [4.69, 9.17) is 10.2 Å². The van der Waals surface area contributed by atoms with Gasteiger partial charge in [0.1, 0.15) is 0 Å². The Hall–Kier alpha value is -2.46. The molecule has 0 saturated carbocycles. The van der Waals surface area contributed by atoms with Gasteiger partial charge in [0.25, 0.3) is 0 Å². The molecule has 1 unspecified atom stereocenters. The third kappa shape index (κ3) is 2.71. The lowest BCUT2D eigenvalue weighted by Gasteiger charge is -2.08. The lowest BCUT2D eigenvalue weighted by molar-refractivity contribution is 0.0935. The predicted octanol–water partition coefficient (Wildman–Crippen LogP) is 3.32. The molecule has 0 saturated heterocycles. The number of hydrogen-bond donors (Lipinski definition) is 1. The van der Waals surface area contributed by atoms with E-state index >= 15 is 0 Å². The number of benzene rings is 2. The molecule has 3 rings (SSSR count). The molecule has 1 aromatic heterocycles. The van der Waals surface area contributed by atoms with E-state index in [1.807, 2.05) is 30.3 Å². The first-order valence-electron chi connectivity index (χ1n) is 6.67. The number of carbonyl (C=O) groups excluding carboxylic acids is 1. The molecule has 0 aliphatic carbocycles. The molecule has 2 aromatic carbocycles. The Labute approximate surface area is 121 Å². The molecule has 2 N–H and O–H groups in total. The van der Waals surface area contributed by atoms with E-state index in [9.17, 15) is 9.18 Å². The van der Waals surface area contributed by atoms with Gasteiger partial charge in [-0.05, 0) is 24.1 Å². The third-order valence-electron chi connectivity index (χ3n) is 3.37. The summed E-state index contributed by atoms with van der Waals surface area (Å²) in [6, 6.07) is 14.9. The normalized spacial score (nSPS) is 12.5. The monoisotopic (exact) mass is 283 g/mol. The number of hydrogen-bond acceptors (Lipinski definition) is 3. The maximum absolute atomic E-state index is 13.6. The first-order valence-corrected chi connectivity index (χ1v) is 6.67. The Bertz CT molecular complexity index is 780. The highest BCUT2D eigenvalue weighted by molar-refractivity contribution is 6.01. The van der Waals surface area contributed by atoms with Gasteiger partial charge >= 0.3 is 0 Å². The van der Waals surface area contributed by atoms with Crippen molar-refractivity contribution in [3.8, 4) is 0 Å². The second-order valence-corrected chi connectivity index (χ2v) is 4.93. The summed E-state index contributed by atoms with van der Waals surface area (Å²) in [5.41, 5.74) is 7.00. The molecule has 0 bridgehead atoms. The van der Waals surface area contributed by atoms with Crippen molar-refractivity contribution < 1.29 is 13.6 Å². The van der Waals surface area contributed by atoms with E-state index in [0.29, 0.717) is 11.8 Å². The Kier molecular flexibility index (Phi) is 3.54. The molecule has 3 nitrogen and oxygen atoms in total. The van der Waals surface area contributed by atoms with Gasteiger partial charge in [-0.15, -0.1) is 0 Å². The minimum absolute atomic E-state index is 0.0905. The van der Waals surface area contributed by atoms with Crippen LogP contribution in [-0.2, 0) is 6.42 Å². The predicted molar refractivity (Wildman–Crippen MR) is 78.6 cm³/mol. The average Bonchev–Trinajstić information content (AvgIpc) is 2.93. The number of rotatable bonds is 4. The fourth-order valence-electron chi connectivity index (χ4n) is 2.29. The van der Waals surface area contributed by atoms with Crippen LogP contribution in [0.4, 0.5) is 4.39 Å². The smallest absolute Gasteiger partial charge is 0.214 e. The van der Waals surface area contributed by atoms with Gasteiger partial charge < -0.3 is 10.2 Å². The molecule has 0 radical (unpaired) electrons. The zero-order valence-corrected chi connectivity index (χ0v) is 11.3. The number of Topliss-reactive ketones (excluding diaryl/α,β-unsaturated/α-hetero) is 1. The zero-order valence-electron chi connectivity index (χ0n) is 11.3. The van der Waals surface area contributed by atoms with Crippen molar-refractivity contribution in [2.75, 3.05) is 0 Å². The first-order chi connectivity index (χ1) is 10.1. The molecule has 0 aliphatic rings. The number of fused-ring (bicyclic) bond motifs is 1. The van der Waals surface area contributed by atoms with Gasteiger partial charge in [0.05, 0.1) is 6.04 Å². The summed E-state index contributed by atoms with van der Waals surface area (Å²) in [5, 5.41) is 0.560. The molecule has 0 spiro atoms. The van der Waals surface area contributed by atoms with Crippen LogP contribution >= 0.6 is 0 Å². The number of para-hydroxylation sites is 1. The second kappa shape index (κ2) is 5.50. The van der Waals surface area contributed by atoms with Crippen LogP contribution in [0.15, 0.2) is 59.0 Å². The number of carbonyl (C=O) groups is 1. The van der Waals surface area contributed by atoms with Gasteiger partial charge in [0.15, 0.2) is 17.2 Å². The third-order valence-corrected chi connectivity index (χ3v) is 3.37. The molecule has 21 heavy (non-hydrogen) atoms. The topological polar surface area (TPSA) is 56.2 Å². The quantitative estimate of drug-likeness (QED) is 0.747. The van der Waals surface area contributed by atoms with E-state index in [1.165, 1.54) is 12.1 Å². The fourth-order valence-corrected chi connectivity index (χ4v) is 2.29. The standard InChI is InChI=1S/C17H14FNO2/c18-13-8-4-7-12-10-15(21-17(12)13)16(20)14(19)9-11-5-2-1-3-6-11/h1-8,10,14H,9,19H2. The highest BCUT2D eigenvalue weighted by atomic mass is 19.1. The minimum atomic E-state index is -0.712.